The number of hydrogen-bond donors (Lipinski definition) is 1. The first-order chi connectivity index (χ1) is 16.5. The Morgan fingerprint density at radius 1 is 0.647 bits per heavy atom. The van der Waals surface area contributed by atoms with Crippen molar-refractivity contribution in [2.75, 3.05) is 46.3 Å². The number of nitrogens with zero attached hydrogens (tertiary/aromatic N) is 3. The maximum atomic E-state index is 11.9. The van der Waals surface area contributed by atoms with Gasteiger partial charge in [-0.1, -0.05) is 96.8 Å². The Bertz CT molecular complexity index is 476. The highest BCUT2D eigenvalue weighted by molar-refractivity contribution is 5.74. The molecule has 2 amide bonds. The van der Waals surface area contributed by atoms with Gasteiger partial charge in [0.2, 0.25) is 0 Å². The molecule has 0 radical (unpaired) electrons. The largest absolute Gasteiger partial charge is 0.481 e. The van der Waals surface area contributed by atoms with Crippen LogP contribution in [0.4, 0.5) is 4.79 Å². The molecule has 0 aromatic rings. The third kappa shape index (κ3) is 19.1. The molecule has 0 atom stereocenters. The summed E-state index contributed by atoms with van der Waals surface area (Å²) in [6.45, 7) is 11.7. The summed E-state index contributed by atoms with van der Waals surface area (Å²) < 4.78 is 0. The van der Waals surface area contributed by atoms with Crippen LogP contribution in [0.2, 0.25) is 0 Å². The van der Waals surface area contributed by atoms with Crippen molar-refractivity contribution in [3.63, 3.8) is 0 Å². The summed E-state index contributed by atoms with van der Waals surface area (Å²) in [5.41, 5.74) is 0. The molecule has 202 valence electrons. The zero-order valence-corrected chi connectivity index (χ0v) is 23.2. The lowest BCUT2D eigenvalue weighted by Gasteiger charge is -2.35. The van der Waals surface area contributed by atoms with E-state index in [1.807, 2.05) is 23.6 Å². The molecule has 0 unspecified atom stereocenters. The van der Waals surface area contributed by atoms with E-state index in [4.69, 9.17) is 5.11 Å². The molecular weight excluding hydrogens is 426 g/mol. The van der Waals surface area contributed by atoms with E-state index in [0.29, 0.717) is 6.42 Å². The highest BCUT2D eigenvalue weighted by Crippen LogP contribution is 2.13. The van der Waals surface area contributed by atoms with Crippen molar-refractivity contribution in [1.82, 2.24) is 14.7 Å². The molecule has 0 aromatic carbocycles. The summed E-state index contributed by atoms with van der Waals surface area (Å²) in [6, 6.07) is 0.197. The van der Waals surface area contributed by atoms with E-state index in [9.17, 15) is 9.59 Å². The van der Waals surface area contributed by atoms with Gasteiger partial charge in [0.25, 0.3) is 0 Å². The van der Waals surface area contributed by atoms with Gasteiger partial charge in [0.15, 0.2) is 0 Å². The van der Waals surface area contributed by atoms with Crippen LogP contribution in [-0.4, -0.2) is 78.1 Å². The van der Waals surface area contributed by atoms with Crippen LogP contribution in [0, 0.1) is 0 Å². The smallest absolute Gasteiger partial charge is 0.320 e. The first kappa shape index (κ1) is 32.7. The Morgan fingerprint density at radius 3 is 1.38 bits per heavy atom. The fourth-order valence-electron chi connectivity index (χ4n) is 4.34. The number of carbonyl (C=O) groups excluding carboxylic acids is 1. The molecule has 1 saturated heterocycles. The number of hydrogen-bond acceptors (Lipinski definition) is 3. The number of amides is 2. The highest BCUT2D eigenvalue weighted by Gasteiger charge is 2.21. The summed E-state index contributed by atoms with van der Waals surface area (Å²) >= 11 is 0. The summed E-state index contributed by atoms with van der Waals surface area (Å²) in [7, 11) is 2.10. The molecule has 6 nitrogen and oxygen atoms in total. The maximum absolute atomic E-state index is 11.9. The number of unbranched alkanes of at least 4 members (excludes halogenated alkanes) is 14. The Morgan fingerprint density at radius 2 is 1.03 bits per heavy atom. The number of carbonyl (C=O) groups is 2. The molecule has 0 saturated carbocycles. The van der Waals surface area contributed by atoms with Crippen LogP contribution in [0.5, 0.6) is 0 Å². The summed E-state index contributed by atoms with van der Waals surface area (Å²) in [4.78, 5) is 28.3. The molecule has 1 fully saturated rings. The number of piperazine rings is 1. The standard InChI is InChI=1S/C18H36O2.C10H21N3O/c1-2-3-4-5-6-7-8-9-10-11-12-13-14-15-16-17-18(19)20;1-4-12(5-2)10(14)13-8-6-11(3)7-9-13/h2-17H2,1H3,(H,19,20);4-9H2,1-3H3. The van der Waals surface area contributed by atoms with E-state index in [-0.39, 0.29) is 6.03 Å². The summed E-state index contributed by atoms with van der Waals surface area (Å²) in [5.74, 6) is -0.653. The van der Waals surface area contributed by atoms with Gasteiger partial charge in [-0.3, -0.25) is 4.79 Å². The first-order valence-electron chi connectivity index (χ1n) is 14.4. The first-order valence-corrected chi connectivity index (χ1v) is 14.4. The van der Waals surface area contributed by atoms with Gasteiger partial charge in [-0.05, 0) is 27.3 Å². The minimum atomic E-state index is -0.653. The monoisotopic (exact) mass is 483 g/mol. The van der Waals surface area contributed by atoms with Crippen molar-refractivity contribution in [3.8, 4) is 0 Å². The third-order valence-corrected chi connectivity index (χ3v) is 6.80. The van der Waals surface area contributed by atoms with Crippen molar-refractivity contribution >= 4 is 12.0 Å². The number of carboxylic acid groups (broad SMARTS) is 1. The van der Waals surface area contributed by atoms with Gasteiger partial charge in [-0.2, -0.15) is 0 Å². The maximum Gasteiger partial charge on any atom is 0.320 e. The zero-order valence-electron chi connectivity index (χ0n) is 23.2. The molecule has 34 heavy (non-hydrogen) atoms. The molecular formula is C28H57N3O3. The van der Waals surface area contributed by atoms with Crippen LogP contribution in [0.15, 0.2) is 0 Å². The minimum Gasteiger partial charge on any atom is -0.481 e. The molecule has 6 heteroatoms. The highest BCUT2D eigenvalue weighted by atomic mass is 16.4. The molecule has 1 rings (SSSR count). The fraction of sp³-hybridized carbons (Fsp3) is 0.929. The Kier molecular flexibility index (Phi) is 22.5. The van der Waals surface area contributed by atoms with E-state index >= 15 is 0 Å². The van der Waals surface area contributed by atoms with Gasteiger partial charge in [0, 0.05) is 45.7 Å². The van der Waals surface area contributed by atoms with Gasteiger partial charge in [-0.25, -0.2) is 4.79 Å². The SMILES string of the molecule is CCCCCCCCCCCCCCCCCC(=O)O.CCN(CC)C(=O)N1CCN(C)CC1. The van der Waals surface area contributed by atoms with E-state index in [2.05, 4.69) is 18.9 Å². The third-order valence-electron chi connectivity index (χ3n) is 6.80. The van der Waals surface area contributed by atoms with Gasteiger partial charge >= 0.3 is 12.0 Å². The number of likely N-dealkylation sites (N-methyl/N-ethyl adjacent to an activating group) is 1. The van der Waals surface area contributed by atoms with Crippen molar-refractivity contribution in [3.05, 3.63) is 0 Å². The van der Waals surface area contributed by atoms with E-state index in [1.165, 1.54) is 83.5 Å². The Labute approximate surface area is 211 Å². The Hall–Kier alpha value is -1.30. The van der Waals surface area contributed by atoms with Gasteiger partial charge in [-0.15, -0.1) is 0 Å². The average molecular weight is 484 g/mol. The molecule has 0 bridgehead atoms. The zero-order chi connectivity index (χ0) is 25.4. The Balaban J connectivity index is 0.000000679. The van der Waals surface area contributed by atoms with Crippen LogP contribution in [-0.2, 0) is 4.79 Å². The number of aliphatic carboxylic acids is 1. The second-order valence-corrected chi connectivity index (χ2v) is 9.84. The minimum absolute atomic E-state index is 0.197. The summed E-state index contributed by atoms with van der Waals surface area (Å²) in [5, 5.41) is 8.52. The topological polar surface area (TPSA) is 64.1 Å². The second-order valence-electron chi connectivity index (χ2n) is 9.84. The molecule has 1 aliphatic rings. The van der Waals surface area contributed by atoms with Crippen molar-refractivity contribution in [1.29, 1.82) is 0 Å². The molecule has 1 aliphatic heterocycles. The van der Waals surface area contributed by atoms with Crippen molar-refractivity contribution in [2.45, 2.75) is 124 Å². The molecule has 1 heterocycles. The average Bonchev–Trinajstić information content (AvgIpc) is 2.83. The quantitative estimate of drug-likeness (QED) is 0.213. The van der Waals surface area contributed by atoms with Crippen molar-refractivity contribution < 1.29 is 14.7 Å². The lowest BCUT2D eigenvalue weighted by atomic mass is 10.0. The predicted octanol–water partition coefficient (Wildman–Crippen LogP) is 7.03. The molecule has 1 N–H and O–H groups in total. The lowest BCUT2D eigenvalue weighted by molar-refractivity contribution is -0.137. The summed E-state index contributed by atoms with van der Waals surface area (Å²) in [6.07, 6.45) is 20.2. The number of carboxylic acids is 1. The van der Waals surface area contributed by atoms with Gasteiger partial charge in [0.1, 0.15) is 0 Å². The normalized spacial score (nSPS) is 13.9. The van der Waals surface area contributed by atoms with Gasteiger partial charge < -0.3 is 19.8 Å². The fourth-order valence-corrected chi connectivity index (χ4v) is 4.34. The molecule has 0 aliphatic carbocycles. The number of rotatable bonds is 18. The van der Waals surface area contributed by atoms with E-state index < -0.39 is 5.97 Å². The lowest BCUT2D eigenvalue weighted by Crippen LogP contribution is -2.51. The van der Waals surface area contributed by atoms with E-state index in [0.717, 1.165) is 52.1 Å². The van der Waals surface area contributed by atoms with Gasteiger partial charge in [0.05, 0.1) is 0 Å². The van der Waals surface area contributed by atoms with Crippen LogP contribution in [0.3, 0.4) is 0 Å². The van der Waals surface area contributed by atoms with Crippen molar-refractivity contribution in [2.24, 2.45) is 0 Å². The van der Waals surface area contributed by atoms with Crippen LogP contribution >= 0.6 is 0 Å². The molecule has 0 spiro atoms. The number of urea groups is 1. The molecule has 0 aromatic heterocycles. The van der Waals surface area contributed by atoms with E-state index in [1.54, 1.807) is 0 Å². The van der Waals surface area contributed by atoms with Crippen LogP contribution < -0.4 is 0 Å². The predicted molar refractivity (Wildman–Crippen MR) is 145 cm³/mol. The van der Waals surface area contributed by atoms with Crippen LogP contribution in [0.1, 0.15) is 124 Å². The second kappa shape index (κ2) is 23.4. The van der Waals surface area contributed by atoms with Crippen LogP contribution in [0.25, 0.3) is 0 Å².